The topological polar surface area (TPSA) is 46.2 Å². The Morgan fingerprint density at radius 2 is 1.71 bits per heavy atom. The first-order valence-electron chi connectivity index (χ1n) is 6.87. The Bertz CT molecular complexity index is 227. The first-order valence-corrected chi connectivity index (χ1v) is 8.97. The molecule has 0 unspecified atom stereocenters. The van der Waals surface area contributed by atoms with Gasteiger partial charge in [-0.1, -0.05) is 32.1 Å². The highest BCUT2D eigenvalue weighted by Gasteiger charge is 2.38. The van der Waals surface area contributed by atoms with E-state index in [1.165, 1.54) is 50.0 Å². The third kappa shape index (κ3) is 3.79. The Morgan fingerprint density at radius 1 is 1.06 bits per heavy atom. The quantitative estimate of drug-likeness (QED) is 0.828. The van der Waals surface area contributed by atoms with Gasteiger partial charge in [0.2, 0.25) is 0 Å². The summed E-state index contributed by atoms with van der Waals surface area (Å²) in [6.07, 6.45) is 9.06. The van der Waals surface area contributed by atoms with Crippen LogP contribution in [-0.4, -0.2) is 33.3 Å². The van der Waals surface area contributed by atoms with Crippen molar-refractivity contribution in [3.8, 4) is 0 Å². The minimum absolute atomic E-state index is 0.147. The maximum atomic E-state index is 9.72. The monoisotopic (exact) mass is 275 g/mol. The van der Waals surface area contributed by atoms with Gasteiger partial charge in [0.25, 0.3) is 0 Å². The second-order valence-corrected chi connectivity index (χ2v) is 8.25. The fraction of sp³-hybridized carbons (Fsp3) is 1.00. The Morgan fingerprint density at radius 3 is 2.29 bits per heavy atom. The van der Waals surface area contributed by atoms with Crippen LogP contribution in [0.1, 0.15) is 44.9 Å². The Balaban J connectivity index is 1.91. The molecule has 100 valence electrons. The largest absolute Gasteiger partial charge is 0.394 e. The van der Waals surface area contributed by atoms with Crippen LogP contribution in [0, 0.1) is 5.92 Å². The van der Waals surface area contributed by atoms with Crippen LogP contribution in [0.5, 0.6) is 0 Å². The molecule has 4 heteroatoms. The molecule has 2 aliphatic rings. The molecule has 0 radical (unpaired) electrons. The van der Waals surface area contributed by atoms with Crippen LogP contribution in [0.15, 0.2) is 0 Å². The normalized spacial score (nSPS) is 27.9. The van der Waals surface area contributed by atoms with Crippen LogP contribution in [0.25, 0.3) is 0 Å². The fourth-order valence-electron chi connectivity index (χ4n) is 2.98. The predicted octanol–water partition coefficient (Wildman–Crippen LogP) is 2.84. The summed E-state index contributed by atoms with van der Waals surface area (Å²) in [5.74, 6) is 3.17. The molecule has 17 heavy (non-hydrogen) atoms. The van der Waals surface area contributed by atoms with E-state index in [2.05, 4.69) is 0 Å². The van der Waals surface area contributed by atoms with E-state index >= 15 is 0 Å². The maximum absolute atomic E-state index is 9.72. The molecule has 3 N–H and O–H groups in total. The fourth-order valence-corrected chi connectivity index (χ4v) is 6.18. The number of thioether (sulfide) groups is 2. The van der Waals surface area contributed by atoms with Gasteiger partial charge in [0, 0.05) is 0 Å². The van der Waals surface area contributed by atoms with Gasteiger partial charge in [0.15, 0.2) is 0 Å². The number of aliphatic hydroxyl groups is 1. The summed E-state index contributed by atoms with van der Waals surface area (Å²) >= 11 is 3.92. The second kappa shape index (κ2) is 6.69. The smallest absolute Gasteiger partial charge is 0.0704 e. The van der Waals surface area contributed by atoms with Gasteiger partial charge in [-0.25, -0.2) is 0 Å². The van der Waals surface area contributed by atoms with Crippen LogP contribution in [0.3, 0.4) is 0 Å². The summed E-state index contributed by atoms with van der Waals surface area (Å²) in [5.41, 5.74) is 6.16. The summed E-state index contributed by atoms with van der Waals surface area (Å²) < 4.78 is 0.406. The van der Waals surface area contributed by atoms with Gasteiger partial charge >= 0.3 is 0 Å². The van der Waals surface area contributed by atoms with Gasteiger partial charge in [-0.2, -0.15) is 0 Å². The molecule has 0 amide bonds. The molecule has 1 aliphatic heterocycles. The standard InChI is InChI=1S/C13H25NOS2/c14-13(10-15,12-16-7-4-8-17-12)9-11-5-2-1-3-6-11/h11-12,15H,1-10,14H2/t13-/m0/s1. The molecule has 0 aromatic heterocycles. The van der Waals surface area contributed by atoms with E-state index in [0.717, 1.165) is 12.3 Å². The van der Waals surface area contributed by atoms with E-state index in [-0.39, 0.29) is 12.1 Å². The molecule has 1 aliphatic carbocycles. The molecule has 1 saturated heterocycles. The molecule has 0 spiro atoms. The van der Waals surface area contributed by atoms with Crippen molar-refractivity contribution in [1.82, 2.24) is 0 Å². The van der Waals surface area contributed by atoms with Crippen molar-refractivity contribution in [2.24, 2.45) is 11.7 Å². The third-order valence-corrected chi connectivity index (χ3v) is 7.39. The van der Waals surface area contributed by atoms with Crippen LogP contribution < -0.4 is 5.73 Å². The first kappa shape index (κ1) is 14.0. The van der Waals surface area contributed by atoms with E-state index in [1.807, 2.05) is 23.5 Å². The van der Waals surface area contributed by atoms with E-state index in [0.29, 0.717) is 4.58 Å². The molecular weight excluding hydrogens is 250 g/mol. The lowest BCUT2D eigenvalue weighted by Crippen LogP contribution is -2.53. The van der Waals surface area contributed by atoms with Crippen LogP contribution in [0.2, 0.25) is 0 Å². The number of hydrogen-bond donors (Lipinski definition) is 2. The van der Waals surface area contributed by atoms with E-state index < -0.39 is 0 Å². The highest BCUT2D eigenvalue weighted by atomic mass is 32.2. The van der Waals surface area contributed by atoms with Crippen molar-refractivity contribution in [3.63, 3.8) is 0 Å². The molecule has 1 atom stereocenters. The van der Waals surface area contributed by atoms with Crippen molar-refractivity contribution in [3.05, 3.63) is 0 Å². The predicted molar refractivity (Wildman–Crippen MR) is 78.5 cm³/mol. The summed E-state index contributed by atoms with van der Waals surface area (Å²) in [5, 5.41) is 9.72. The molecule has 1 saturated carbocycles. The molecule has 2 fully saturated rings. The molecule has 0 aromatic carbocycles. The van der Waals surface area contributed by atoms with Crippen LogP contribution in [0.4, 0.5) is 0 Å². The summed E-state index contributed by atoms with van der Waals surface area (Å²) in [6, 6.07) is 0. The van der Waals surface area contributed by atoms with Crippen molar-refractivity contribution >= 4 is 23.5 Å². The highest BCUT2D eigenvalue weighted by molar-refractivity contribution is 8.17. The Labute approximate surface area is 113 Å². The lowest BCUT2D eigenvalue weighted by Gasteiger charge is -2.40. The Kier molecular flexibility index (Phi) is 5.52. The minimum Gasteiger partial charge on any atom is -0.394 e. The number of rotatable bonds is 4. The van der Waals surface area contributed by atoms with Gasteiger partial charge in [0.05, 0.1) is 16.7 Å². The van der Waals surface area contributed by atoms with Crippen molar-refractivity contribution in [1.29, 1.82) is 0 Å². The van der Waals surface area contributed by atoms with E-state index in [1.54, 1.807) is 0 Å². The average Bonchev–Trinajstić information content (AvgIpc) is 2.41. The summed E-state index contributed by atoms with van der Waals surface area (Å²) in [6.45, 7) is 0.147. The zero-order valence-electron chi connectivity index (χ0n) is 10.6. The van der Waals surface area contributed by atoms with E-state index in [9.17, 15) is 5.11 Å². The average molecular weight is 275 g/mol. The van der Waals surface area contributed by atoms with Gasteiger partial charge in [-0.15, -0.1) is 23.5 Å². The van der Waals surface area contributed by atoms with Crippen LogP contribution >= 0.6 is 23.5 Å². The minimum atomic E-state index is -0.349. The van der Waals surface area contributed by atoms with Gasteiger partial charge in [-0.3, -0.25) is 0 Å². The molecular formula is C13H25NOS2. The summed E-state index contributed by atoms with van der Waals surface area (Å²) in [7, 11) is 0. The molecule has 0 bridgehead atoms. The number of nitrogens with two attached hydrogens (primary N) is 1. The maximum Gasteiger partial charge on any atom is 0.0704 e. The molecule has 1 heterocycles. The van der Waals surface area contributed by atoms with Gasteiger partial charge < -0.3 is 10.8 Å². The SMILES string of the molecule is N[C@](CO)(CC1CCCCC1)C1SCCCS1. The van der Waals surface area contributed by atoms with Gasteiger partial charge in [-0.05, 0) is 30.3 Å². The highest BCUT2D eigenvalue weighted by Crippen LogP contribution is 2.41. The Hall–Kier alpha value is 0.620. The summed E-state index contributed by atoms with van der Waals surface area (Å²) in [4.78, 5) is 0. The van der Waals surface area contributed by atoms with Crippen LogP contribution in [-0.2, 0) is 0 Å². The van der Waals surface area contributed by atoms with E-state index in [4.69, 9.17) is 5.73 Å². The van der Waals surface area contributed by atoms with Gasteiger partial charge in [0.1, 0.15) is 0 Å². The lowest BCUT2D eigenvalue weighted by molar-refractivity contribution is 0.166. The molecule has 0 aromatic rings. The van der Waals surface area contributed by atoms with Crippen molar-refractivity contribution < 1.29 is 5.11 Å². The zero-order chi connectivity index (χ0) is 12.1. The molecule has 2 nitrogen and oxygen atoms in total. The second-order valence-electron chi connectivity index (χ2n) is 5.53. The number of aliphatic hydroxyl groups excluding tert-OH is 1. The van der Waals surface area contributed by atoms with Crippen molar-refractivity contribution in [2.45, 2.75) is 55.1 Å². The molecule has 2 rings (SSSR count). The zero-order valence-corrected chi connectivity index (χ0v) is 12.2. The first-order chi connectivity index (χ1) is 8.24. The third-order valence-electron chi connectivity index (χ3n) is 3.98. The number of hydrogen-bond acceptors (Lipinski definition) is 4. The lowest BCUT2D eigenvalue weighted by atomic mass is 9.80. The van der Waals surface area contributed by atoms with Crippen molar-refractivity contribution in [2.75, 3.05) is 18.1 Å².